The summed E-state index contributed by atoms with van der Waals surface area (Å²) in [7, 11) is 0. The molecule has 2 aliphatic rings. The molecule has 1 aromatic rings. The van der Waals surface area contributed by atoms with E-state index in [2.05, 4.69) is 5.10 Å². The van der Waals surface area contributed by atoms with E-state index in [-0.39, 0.29) is 11.3 Å². The van der Waals surface area contributed by atoms with Crippen LogP contribution in [0.2, 0.25) is 0 Å². The predicted octanol–water partition coefficient (Wildman–Crippen LogP) is 2.58. The molecular formula is C13H14N2O. The highest BCUT2D eigenvalue weighted by molar-refractivity contribution is 6.19. The third-order valence-corrected chi connectivity index (χ3v) is 3.61. The molecule has 0 unspecified atom stereocenters. The molecule has 3 nitrogen and oxygen atoms in total. The van der Waals surface area contributed by atoms with Crippen molar-refractivity contribution >= 4 is 17.3 Å². The van der Waals surface area contributed by atoms with Crippen molar-refractivity contribution in [2.24, 2.45) is 10.5 Å². The molecule has 3 rings (SSSR count). The van der Waals surface area contributed by atoms with E-state index < -0.39 is 0 Å². The maximum absolute atomic E-state index is 12.3. The summed E-state index contributed by atoms with van der Waals surface area (Å²) in [4.78, 5) is 12.3. The number of amides is 1. The third-order valence-electron chi connectivity index (χ3n) is 3.61. The van der Waals surface area contributed by atoms with Crippen molar-refractivity contribution in [3.8, 4) is 0 Å². The first-order valence-corrected chi connectivity index (χ1v) is 5.69. The van der Waals surface area contributed by atoms with E-state index in [9.17, 15) is 4.79 Å². The average molecular weight is 214 g/mol. The lowest BCUT2D eigenvalue weighted by Gasteiger charge is -2.19. The summed E-state index contributed by atoms with van der Waals surface area (Å²) in [5.74, 6) is 0.131. The van der Waals surface area contributed by atoms with Gasteiger partial charge in [-0.1, -0.05) is 18.2 Å². The van der Waals surface area contributed by atoms with Crippen LogP contribution in [0.3, 0.4) is 0 Å². The Morgan fingerprint density at radius 2 is 2.06 bits per heavy atom. The van der Waals surface area contributed by atoms with Crippen LogP contribution in [0.1, 0.15) is 26.2 Å². The Hall–Kier alpha value is -1.64. The van der Waals surface area contributed by atoms with Gasteiger partial charge >= 0.3 is 0 Å². The van der Waals surface area contributed by atoms with Crippen LogP contribution in [-0.4, -0.2) is 11.6 Å². The van der Waals surface area contributed by atoms with Gasteiger partial charge in [0.05, 0.1) is 16.8 Å². The minimum absolute atomic E-state index is 0.131. The topological polar surface area (TPSA) is 32.7 Å². The predicted molar refractivity (Wildman–Crippen MR) is 63.3 cm³/mol. The number of carbonyl (C=O) groups is 1. The molecule has 0 bridgehead atoms. The Balaban J connectivity index is 2.02. The number of para-hydroxylation sites is 1. The Kier molecular flexibility index (Phi) is 1.90. The molecule has 1 saturated carbocycles. The summed E-state index contributed by atoms with van der Waals surface area (Å²) in [6.07, 6.45) is 2.99. The molecule has 3 heteroatoms. The second-order valence-electron chi connectivity index (χ2n) is 4.68. The SMILES string of the molecule is C[C@]12CCCC1=NN(c1ccccc1)C2=O. The number of nitrogens with zero attached hydrogens (tertiary/aromatic N) is 2. The van der Waals surface area contributed by atoms with Crippen LogP contribution in [0.4, 0.5) is 5.69 Å². The van der Waals surface area contributed by atoms with Crippen molar-refractivity contribution in [3.63, 3.8) is 0 Å². The first-order chi connectivity index (χ1) is 7.72. The van der Waals surface area contributed by atoms with Gasteiger partial charge in [0.15, 0.2) is 0 Å². The van der Waals surface area contributed by atoms with Gasteiger partial charge in [-0.05, 0) is 38.3 Å². The zero-order valence-corrected chi connectivity index (χ0v) is 9.31. The molecule has 1 aromatic carbocycles. The van der Waals surface area contributed by atoms with Crippen molar-refractivity contribution in [1.29, 1.82) is 0 Å². The lowest BCUT2D eigenvalue weighted by Crippen LogP contribution is -2.34. The van der Waals surface area contributed by atoms with Crippen LogP contribution in [-0.2, 0) is 4.79 Å². The maximum atomic E-state index is 12.3. The Morgan fingerprint density at radius 3 is 2.75 bits per heavy atom. The molecule has 1 aliphatic carbocycles. The fourth-order valence-electron chi connectivity index (χ4n) is 2.56. The minimum atomic E-state index is -0.324. The average Bonchev–Trinajstić information content (AvgIpc) is 2.78. The highest BCUT2D eigenvalue weighted by Crippen LogP contribution is 2.42. The van der Waals surface area contributed by atoms with Gasteiger partial charge in [-0.25, -0.2) is 0 Å². The van der Waals surface area contributed by atoms with Gasteiger partial charge in [-0.3, -0.25) is 4.79 Å². The van der Waals surface area contributed by atoms with E-state index in [0.29, 0.717) is 0 Å². The van der Waals surface area contributed by atoms with Gasteiger partial charge < -0.3 is 0 Å². The number of fused-ring (bicyclic) bond motifs is 1. The molecular weight excluding hydrogens is 200 g/mol. The number of hydrazone groups is 1. The summed E-state index contributed by atoms with van der Waals surface area (Å²) in [5, 5.41) is 6.04. The molecule has 1 amide bonds. The van der Waals surface area contributed by atoms with E-state index in [4.69, 9.17) is 0 Å². The number of benzene rings is 1. The van der Waals surface area contributed by atoms with Crippen molar-refractivity contribution < 1.29 is 4.79 Å². The van der Waals surface area contributed by atoms with Crippen LogP contribution in [0, 0.1) is 5.41 Å². The van der Waals surface area contributed by atoms with Crippen LogP contribution >= 0.6 is 0 Å². The quantitative estimate of drug-likeness (QED) is 0.707. The summed E-state index contributed by atoms with van der Waals surface area (Å²) in [6, 6.07) is 9.65. The normalized spacial score (nSPS) is 28.2. The second-order valence-corrected chi connectivity index (χ2v) is 4.68. The van der Waals surface area contributed by atoms with Crippen LogP contribution < -0.4 is 5.01 Å². The molecule has 0 spiro atoms. The molecule has 16 heavy (non-hydrogen) atoms. The first kappa shape index (κ1) is 9.58. The van der Waals surface area contributed by atoms with Crippen LogP contribution in [0.25, 0.3) is 0 Å². The van der Waals surface area contributed by atoms with Gasteiger partial charge in [0.2, 0.25) is 0 Å². The monoisotopic (exact) mass is 214 g/mol. The summed E-state index contributed by atoms with van der Waals surface area (Å²) < 4.78 is 0. The van der Waals surface area contributed by atoms with Crippen LogP contribution in [0.5, 0.6) is 0 Å². The number of hydrogen-bond acceptors (Lipinski definition) is 2. The lowest BCUT2D eigenvalue weighted by atomic mass is 9.87. The standard InChI is InChI=1S/C13H14N2O/c1-13-9-5-8-11(13)14-15(12(13)16)10-6-3-2-4-7-10/h2-4,6-7H,5,8-9H2,1H3/t13-/m0/s1. The Bertz CT molecular complexity index is 466. The summed E-state index contributed by atoms with van der Waals surface area (Å²) >= 11 is 0. The van der Waals surface area contributed by atoms with Crippen molar-refractivity contribution in [2.75, 3.05) is 5.01 Å². The molecule has 0 saturated heterocycles. The fourth-order valence-corrected chi connectivity index (χ4v) is 2.56. The van der Waals surface area contributed by atoms with Crippen molar-refractivity contribution in [1.82, 2.24) is 0 Å². The van der Waals surface area contributed by atoms with Gasteiger partial charge in [-0.15, -0.1) is 0 Å². The highest BCUT2D eigenvalue weighted by Gasteiger charge is 2.49. The van der Waals surface area contributed by atoms with E-state index in [1.807, 2.05) is 37.3 Å². The molecule has 1 fully saturated rings. The largest absolute Gasteiger partial charge is 0.271 e. The molecule has 82 valence electrons. The molecule has 1 aliphatic heterocycles. The van der Waals surface area contributed by atoms with Gasteiger partial charge in [-0.2, -0.15) is 10.1 Å². The summed E-state index contributed by atoms with van der Waals surface area (Å²) in [5.41, 5.74) is 1.60. The number of hydrogen-bond donors (Lipinski definition) is 0. The zero-order chi connectivity index (χ0) is 11.2. The Labute approximate surface area is 94.8 Å². The number of anilines is 1. The van der Waals surface area contributed by atoms with E-state index in [1.54, 1.807) is 5.01 Å². The molecule has 0 N–H and O–H groups in total. The number of rotatable bonds is 1. The number of carbonyl (C=O) groups excluding carboxylic acids is 1. The van der Waals surface area contributed by atoms with Gasteiger partial charge in [0.25, 0.3) is 5.91 Å². The third kappa shape index (κ3) is 1.14. The van der Waals surface area contributed by atoms with Crippen molar-refractivity contribution in [3.05, 3.63) is 30.3 Å². The minimum Gasteiger partial charge on any atom is -0.271 e. The fraction of sp³-hybridized carbons (Fsp3) is 0.385. The molecule has 0 aromatic heterocycles. The molecule has 0 radical (unpaired) electrons. The molecule has 1 atom stereocenters. The van der Waals surface area contributed by atoms with E-state index in [1.165, 1.54) is 0 Å². The van der Waals surface area contributed by atoms with Gasteiger partial charge in [0.1, 0.15) is 0 Å². The maximum Gasteiger partial charge on any atom is 0.259 e. The van der Waals surface area contributed by atoms with Crippen LogP contribution in [0.15, 0.2) is 35.4 Å². The Morgan fingerprint density at radius 1 is 1.31 bits per heavy atom. The first-order valence-electron chi connectivity index (χ1n) is 5.69. The lowest BCUT2D eigenvalue weighted by molar-refractivity contribution is -0.123. The highest BCUT2D eigenvalue weighted by atomic mass is 16.2. The van der Waals surface area contributed by atoms with E-state index >= 15 is 0 Å². The van der Waals surface area contributed by atoms with E-state index in [0.717, 1.165) is 30.7 Å². The summed E-state index contributed by atoms with van der Waals surface area (Å²) in [6.45, 7) is 2.02. The van der Waals surface area contributed by atoms with Crippen molar-refractivity contribution in [2.45, 2.75) is 26.2 Å². The second kappa shape index (κ2) is 3.17. The van der Waals surface area contributed by atoms with Gasteiger partial charge in [0, 0.05) is 0 Å². The zero-order valence-electron chi connectivity index (χ0n) is 9.31. The smallest absolute Gasteiger partial charge is 0.259 e. The molecule has 1 heterocycles.